The Balaban J connectivity index is 2.04. The van der Waals surface area contributed by atoms with E-state index in [0.717, 1.165) is 16.7 Å². The molecule has 21 heavy (non-hydrogen) atoms. The van der Waals surface area contributed by atoms with E-state index in [1.54, 1.807) is 12.1 Å². The van der Waals surface area contributed by atoms with Crippen molar-refractivity contribution >= 4 is 21.8 Å². The molecule has 0 saturated carbocycles. The molecule has 0 aliphatic heterocycles. The first-order valence-corrected chi connectivity index (χ1v) is 7.28. The number of nitrogens with one attached hydrogen (secondary N) is 1. The number of hydrogen-bond donors (Lipinski definition) is 2. The number of halogens is 1. The van der Waals surface area contributed by atoms with E-state index in [2.05, 4.69) is 37.3 Å². The van der Waals surface area contributed by atoms with Gasteiger partial charge in [-0.1, -0.05) is 40.2 Å². The third-order valence-electron chi connectivity index (χ3n) is 3.00. The zero-order valence-electron chi connectivity index (χ0n) is 11.7. The molecular formula is C15H17BrN4O. The maximum absolute atomic E-state index is 11.5. The van der Waals surface area contributed by atoms with Gasteiger partial charge in [0.25, 0.3) is 5.91 Å². The zero-order chi connectivity index (χ0) is 15.2. The first-order chi connectivity index (χ1) is 10.1. The van der Waals surface area contributed by atoms with Crippen LogP contribution in [0, 0.1) is 0 Å². The molecule has 0 saturated heterocycles. The van der Waals surface area contributed by atoms with E-state index < -0.39 is 0 Å². The van der Waals surface area contributed by atoms with Crippen LogP contribution in [0.25, 0.3) is 0 Å². The molecule has 6 heteroatoms. The Labute approximate surface area is 132 Å². The molecule has 5 nitrogen and oxygen atoms in total. The van der Waals surface area contributed by atoms with Crippen LogP contribution in [0.4, 0.5) is 0 Å². The van der Waals surface area contributed by atoms with Crippen LogP contribution in [0.5, 0.6) is 0 Å². The van der Waals surface area contributed by atoms with Crippen molar-refractivity contribution < 1.29 is 4.79 Å². The molecule has 0 aliphatic carbocycles. The lowest BCUT2D eigenvalue weighted by Crippen LogP contribution is -2.31. The number of hydrazine groups is 1. The van der Waals surface area contributed by atoms with Crippen molar-refractivity contribution in [1.82, 2.24) is 15.3 Å². The monoisotopic (exact) mass is 348 g/mol. The van der Waals surface area contributed by atoms with E-state index in [1.807, 2.05) is 31.3 Å². The Morgan fingerprint density at radius 2 is 2.00 bits per heavy atom. The first-order valence-electron chi connectivity index (χ1n) is 6.49. The summed E-state index contributed by atoms with van der Waals surface area (Å²) in [5.74, 6) is 4.74. The number of amides is 1. The van der Waals surface area contributed by atoms with Gasteiger partial charge in [-0.25, -0.2) is 10.8 Å². The van der Waals surface area contributed by atoms with Gasteiger partial charge in [0, 0.05) is 17.6 Å². The van der Waals surface area contributed by atoms with Crippen LogP contribution in [0.15, 0.2) is 46.9 Å². The fraction of sp³-hybridized carbons (Fsp3) is 0.200. The van der Waals surface area contributed by atoms with Gasteiger partial charge in [0.05, 0.1) is 5.69 Å². The van der Waals surface area contributed by atoms with E-state index in [0.29, 0.717) is 12.2 Å². The van der Waals surface area contributed by atoms with Gasteiger partial charge in [-0.15, -0.1) is 0 Å². The van der Waals surface area contributed by atoms with Gasteiger partial charge in [0.2, 0.25) is 0 Å². The summed E-state index contributed by atoms with van der Waals surface area (Å²) in [5, 5.41) is 0. The van der Waals surface area contributed by atoms with Crippen LogP contribution >= 0.6 is 15.9 Å². The van der Waals surface area contributed by atoms with Crippen molar-refractivity contribution in [1.29, 1.82) is 0 Å². The second-order valence-electron chi connectivity index (χ2n) is 4.75. The van der Waals surface area contributed by atoms with E-state index in [4.69, 9.17) is 5.84 Å². The smallest absolute Gasteiger partial charge is 0.283 e. The average Bonchev–Trinajstić information content (AvgIpc) is 2.49. The molecule has 2 rings (SSSR count). The maximum Gasteiger partial charge on any atom is 0.283 e. The summed E-state index contributed by atoms with van der Waals surface area (Å²) < 4.78 is 1.08. The van der Waals surface area contributed by atoms with Gasteiger partial charge in [0.1, 0.15) is 5.69 Å². The molecule has 1 heterocycles. The summed E-state index contributed by atoms with van der Waals surface area (Å²) in [6, 6.07) is 13.4. The molecule has 2 aromatic rings. The highest BCUT2D eigenvalue weighted by atomic mass is 79.9. The SMILES string of the molecule is CN(Cc1cccc(C(=O)NN)n1)Cc1ccccc1Br. The highest BCUT2D eigenvalue weighted by Crippen LogP contribution is 2.18. The van der Waals surface area contributed by atoms with E-state index in [1.165, 1.54) is 5.56 Å². The number of hydrogen-bond acceptors (Lipinski definition) is 4. The lowest BCUT2D eigenvalue weighted by molar-refractivity contribution is 0.0948. The number of nitrogens with two attached hydrogens (primary N) is 1. The van der Waals surface area contributed by atoms with Crippen LogP contribution in [-0.2, 0) is 13.1 Å². The number of aromatic nitrogens is 1. The molecule has 0 unspecified atom stereocenters. The highest BCUT2D eigenvalue weighted by Gasteiger charge is 2.09. The molecule has 0 fully saturated rings. The highest BCUT2D eigenvalue weighted by molar-refractivity contribution is 9.10. The summed E-state index contributed by atoms with van der Waals surface area (Å²) in [5.41, 5.74) is 4.44. The Kier molecular flexibility index (Phi) is 5.44. The minimum Gasteiger partial charge on any atom is -0.296 e. The summed E-state index contributed by atoms with van der Waals surface area (Å²) in [7, 11) is 2.01. The minimum absolute atomic E-state index is 0.323. The Morgan fingerprint density at radius 3 is 2.71 bits per heavy atom. The molecule has 0 bridgehead atoms. The van der Waals surface area contributed by atoms with Gasteiger partial charge in [-0.2, -0.15) is 0 Å². The third kappa shape index (κ3) is 4.35. The normalized spacial score (nSPS) is 10.7. The molecule has 3 N–H and O–H groups in total. The molecular weight excluding hydrogens is 332 g/mol. The summed E-state index contributed by atoms with van der Waals surface area (Å²) in [6.07, 6.45) is 0. The number of nitrogens with zero attached hydrogens (tertiary/aromatic N) is 2. The molecule has 0 aliphatic rings. The van der Waals surface area contributed by atoms with Gasteiger partial charge >= 0.3 is 0 Å². The fourth-order valence-corrected chi connectivity index (χ4v) is 2.43. The predicted molar refractivity (Wildman–Crippen MR) is 85.2 cm³/mol. The van der Waals surface area contributed by atoms with Crippen molar-refractivity contribution in [3.05, 3.63) is 63.9 Å². The largest absolute Gasteiger partial charge is 0.296 e. The third-order valence-corrected chi connectivity index (χ3v) is 3.77. The lowest BCUT2D eigenvalue weighted by Gasteiger charge is -2.17. The van der Waals surface area contributed by atoms with E-state index in [-0.39, 0.29) is 5.91 Å². The number of carbonyl (C=O) groups excluding carboxylic acids is 1. The topological polar surface area (TPSA) is 71.2 Å². The molecule has 0 radical (unpaired) electrons. The van der Waals surface area contributed by atoms with Crippen LogP contribution < -0.4 is 11.3 Å². The Bertz CT molecular complexity index is 633. The second-order valence-corrected chi connectivity index (χ2v) is 5.61. The van der Waals surface area contributed by atoms with Crippen LogP contribution in [0.1, 0.15) is 21.7 Å². The summed E-state index contributed by atoms with van der Waals surface area (Å²) >= 11 is 3.54. The quantitative estimate of drug-likeness (QED) is 0.493. The zero-order valence-corrected chi connectivity index (χ0v) is 13.3. The number of carbonyl (C=O) groups is 1. The number of pyridine rings is 1. The van der Waals surface area contributed by atoms with Gasteiger partial charge in [-0.05, 0) is 30.8 Å². The number of nitrogen functional groups attached to an aromatic ring is 1. The van der Waals surface area contributed by atoms with Crippen LogP contribution in [-0.4, -0.2) is 22.8 Å². The predicted octanol–water partition coefficient (Wildman–Crippen LogP) is 2.08. The van der Waals surface area contributed by atoms with Crippen molar-refractivity contribution in [2.45, 2.75) is 13.1 Å². The summed E-state index contributed by atoms with van der Waals surface area (Å²) in [6.45, 7) is 1.43. The average molecular weight is 349 g/mol. The van der Waals surface area contributed by atoms with Gasteiger partial charge < -0.3 is 0 Å². The first kappa shape index (κ1) is 15.6. The molecule has 0 atom stereocenters. The standard InChI is InChI=1S/C15H17BrN4O/c1-20(9-11-5-2-3-7-13(11)16)10-12-6-4-8-14(18-12)15(21)19-17/h2-8H,9-10,17H2,1H3,(H,19,21). The number of rotatable bonds is 5. The van der Waals surface area contributed by atoms with Crippen molar-refractivity contribution in [3.63, 3.8) is 0 Å². The van der Waals surface area contributed by atoms with E-state index in [9.17, 15) is 4.79 Å². The second kappa shape index (κ2) is 7.31. The van der Waals surface area contributed by atoms with Crippen LogP contribution in [0.2, 0.25) is 0 Å². The summed E-state index contributed by atoms with van der Waals surface area (Å²) in [4.78, 5) is 17.9. The van der Waals surface area contributed by atoms with Crippen LogP contribution in [0.3, 0.4) is 0 Å². The Hall–Kier alpha value is -1.76. The van der Waals surface area contributed by atoms with Gasteiger partial charge in [0.15, 0.2) is 0 Å². The van der Waals surface area contributed by atoms with Crippen molar-refractivity contribution in [2.75, 3.05) is 7.05 Å². The fourth-order valence-electron chi connectivity index (χ4n) is 2.02. The van der Waals surface area contributed by atoms with Crippen molar-refractivity contribution in [3.8, 4) is 0 Å². The lowest BCUT2D eigenvalue weighted by atomic mass is 10.2. The number of benzene rings is 1. The molecule has 1 amide bonds. The molecule has 1 aromatic heterocycles. The minimum atomic E-state index is -0.384. The van der Waals surface area contributed by atoms with E-state index >= 15 is 0 Å². The molecule has 110 valence electrons. The molecule has 0 spiro atoms. The maximum atomic E-state index is 11.5. The molecule has 1 aromatic carbocycles. The van der Waals surface area contributed by atoms with Crippen molar-refractivity contribution in [2.24, 2.45) is 5.84 Å². The Morgan fingerprint density at radius 1 is 1.24 bits per heavy atom. The van der Waals surface area contributed by atoms with Gasteiger partial charge in [-0.3, -0.25) is 15.1 Å².